The van der Waals surface area contributed by atoms with Gasteiger partial charge in [0.15, 0.2) is 0 Å². The summed E-state index contributed by atoms with van der Waals surface area (Å²) in [7, 11) is 1.00. The van der Waals surface area contributed by atoms with Crippen LogP contribution in [0.25, 0.3) is 22.0 Å². The molecule has 1 N–H and O–H groups in total. The van der Waals surface area contributed by atoms with Gasteiger partial charge in [-0.3, -0.25) is 4.98 Å². The zero-order valence-corrected chi connectivity index (χ0v) is 15.8. The Labute approximate surface area is 162 Å². The summed E-state index contributed by atoms with van der Waals surface area (Å²) in [5.41, 5.74) is 2.80. The molecule has 1 atom stereocenters. The van der Waals surface area contributed by atoms with Crippen molar-refractivity contribution in [3.05, 3.63) is 48.0 Å². The Morgan fingerprint density at radius 2 is 2.11 bits per heavy atom. The number of aldehydes is 1. The molecule has 1 aliphatic rings. The molecule has 1 saturated heterocycles. The summed E-state index contributed by atoms with van der Waals surface area (Å²) in [6.07, 6.45) is 7.97. The van der Waals surface area contributed by atoms with Crippen LogP contribution < -0.4 is 4.90 Å². The van der Waals surface area contributed by atoms with Gasteiger partial charge >= 0.3 is 0 Å². The van der Waals surface area contributed by atoms with Crippen LogP contribution in [0.15, 0.2) is 43.0 Å². The highest BCUT2D eigenvalue weighted by Crippen LogP contribution is 2.35. The Balaban J connectivity index is 0.00000102. The Bertz CT molecular complexity index is 930. The molecular weight excluding hydrogens is 364 g/mol. The minimum Gasteiger partial charge on any atom is -0.400 e. The topological polar surface area (TPSA) is 79.2 Å². The summed E-state index contributed by atoms with van der Waals surface area (Å²) >= 11 is 6.13. The Morgan fingerprint density at radius 3 is 2.89 bits per heavy atom. The first-order valence-electron chi connectivity index (χ1n) is 8.76. The minimum absolute atomic E-state index is 0.0544. The van der Waals surface area contributed by atoms with Crippen molar-refractivity contribution in [2.24, 2.45) is 5.92 Å². The normalized spacial score (nSPS) is 16.6. The lowest BCUT2D eigenvalue weighted by atomic mass is 9.98. The Hall–Kier alpha value is -2.57. The van der Waals surface area contributed by atoms with E-state index < -0.39 is 0 Å². The van der Waals surface area contributed by atoms with E-state index in [2.05, 4.69) is 19.9 Å². The molecule has 1 aromatic carbocycles. The van der Waals surface area contributed by atoms with Gasteiger partial charge in [-0.15, -0.1) is 0 Å². The van der Waals surface area contributed by atoms with Gasteiger partial charge in [0.25, 0.3) is 0 Å². The minimum atomic E-state index is 0.0544. The van der Waals surface area contributed by atoms with Crippen molar-refractivity contribution in [2.75, 3.05) is 25.1 Å². The van der Waals surface area contributed by atoms with Gasteiger partial charge in [0.1, 0.15) is 18.4 Å². The number of aliphatic hydroxyl groups is 1. The second-order valence-corrected chi connectivity index (χ2v) is 6.71. The molecule has 3 heterocycles. The van der Waals surface area contributed by atoms with E-state index in [-0.39, 0.29) is 5.92 Å². The molecule has 0 amide bonds. The van der Waals surface area contributed by atoms with Gasteiger partial charge in [0, 0.05) is 44.1 Å². The highest BCUT2D eigenvalue weighted by molar-refractivity contribution is 6.30. The summed E-state index contributed by atoms with van der Waals surface area (Å²) in [4.78, 5) is 26.6. The lowest BCUT2D eigenvalue weighted by molar-refractivity contribution is -0.111. The van der Waals surface area contributed by atoms with Crippen LogP contribution >= 0.6 is 11.6 Å². The third kappa shape index (κ3) is 4.07. The van der Waals surface area contributed by atoms with Crippen molar-refractivity contribution in [1.82, 2.24) is 15.0 Å². The summed E-state index contributed by atoms with van der Waals surface area (Å²) in [6.45, 7) is 1.58. The van der Waals surface area contributed by atoms with Gasteiger partial charge in [0.2, 0.25) is 0 Å². The highest BCUT2D eigenvalue weighted by atomic mass is 35.5. The zero-order valence-electron chi connectivity index (χ0n) is 15.0. The van der Waals surface area contributed by atoms with Gasteiger partial charge in [-0.1, -0.05) is 23.7 Å². The maximum atomic E-state index is 11.2. The van der Waals surface area contributed by atoms with E-state index in [9.17, 15) is 4.79 Å². The molecular formula is C20H21ClN4O2. The van der Waals surface area contributed by atoms with Crippen LogP contribution in [0.4, 0.5) is 5.82 Å². The van der Waals surface area contributed by atoms with Gasteiger partial charge in [-0.25, -0.2) is 9.97 Å². The number of rotatable bonds is 3. The molecule has 0 saturated carbocycles. The number of carbonyl (C=O) groups is 1. The second-order valence-electron chi connectivity index (χ2n) is 6.27. The van der Waals surface area contributed by atoms with Crippen molar-refractivity contribution in [3.8, 4) is 11.1 Å². The Morgan fingerprint density at radius 1 is 1.26 bits per heavy atom. The maximum Gasteiger partial charge on any atom is 0.140 e. The van der Waals surface area contributed by atoms with E-state index in [4.69, 9.17) is 16.7 Å². The molecule has 140 valence electrons. The number of hydrogen-bond acceptors (Lipinski definition) is 6. The molecule has 0 spiro atoms. The largest absolute Gasteiger partial charge is 0.400 e. The predicted octanol–water partition coefficient (Wildman–Crippen LogP) is 3.37. The molecule has 1 fully saturated rings. The van der Waals surface area contributed by atoms with Crippen LogP contribution in [0.5, 0.6) is 0 Å². The summed E-state index contributed by atoms with van der Waals surface area (Å²) in [5, 5.41) is 8.56. The number of aromatic nitrogens is 3. The molecule has 4 rings (SSSR count). The number of piperidine rings is 1. The fourth-order valence-electron chi connectivity index (χ4n) is 3.45. The van der Waals surface area contributed by atoms with Crippen LogP contribution in [-0.4, -0.2) is 46.5 Å². The van der Waals surface area contributed by atoms with Crippen molar-refractivity contribution in [1.29, 1.82) is 0 Å². The molecule has 0 aliphatic carbocycles. The first-order valence-corrected chi connectivity index (χ1v) is 9.13. The SMILES string of the molecule is CO.O=CC1CCCN(c2ncnc3cccc(-c4cncc(Cl)c4)c23)C1. The third-order valence-electron chi connectivity index (χ3n) is 4.61. The van der Waals surface area contributed by atoms with E-state index >= 15 is 0 Å². The number of hydrogen-bond donors (Lipinski definition) is 1. The number of halogens is 1. The van der Waals surface area contributed by atoms with E-state index in [1.165, 1.54) is 0 Å². The molecule has 1 unspecified atom stereocenters. The van der Waals surface area contributed by atoms with Crippen molar-refractivity contribution >= 4 is 34.6 Å². The number of carbonyl (C=O) groups excluding carboxylic acids is 1. The zero-order chi connectivity index (χ0) is 19.2. The standard InChI is InChI=1S/C19H17ClN4O.CH4O/c20-15-7-14(8-21-9-15)16-4-1-5-17-18(16)19(23-12-22-17)24-6-2-3-13(10-24)11-25;1-2/h1,4-5,7-9,11-13H,2-3,6,10H2;2H,1H3. The van der Waals surface area contributed by atoms with Gasteiger partial charge in [-0.2, -0.15) is 0 Å². The van der Waals surface area contributed by atoms with Gasteiger partial charge in [-0.05, 0) is 30.5 Å². The summed E-state index contributed by atoms with van der Waals surface area (Å²) in [5.74, 6) is 0.922. The van der Waals surface area contributed by atoms with Crippen molar-refractivity contribution in [2.45, 2.75) is 12.8 Å². The number of pyridine rings is 1. The second kappa shape index (κ2) is 8.88. The van der Waals surface area contributed by atoms with E-state index in [0.29, 0.717) is 11.6 Å². The number of fused-ring (bicyclic) bond motifs is 1. The van der Waals surface area contributed by atoms with Crippen molar-refractivity contribution in [3.63, 3.8) is 0 Å². The van der Waals surface area contributed by atoms with E-state index in [1.807, 2.05) is 24.3 Å². The van der Waals surface area contributed by atoms with Crippen LogP contribution in [0.3, 0.4) is 0 Å². The molecule has 2 aromatic heterocycles. The fraction of sp³-hybridized carbons (Fsp3) is 0.300. The molecule has 3 aromatic rings. The van der Waals surface area contributed by atoms with Gasteiger partial charge in [0.05, 0.1) is 15.9 Å². The molecule has 0 radical (unpaired) electrons. The molecule has 6 nitrogen and oxygen atoms in total. The molecule has 27 heavy (non-hydrogen) atoms. The van der Waals surface area contributed by atoms with Crippen molar-refractivity contribution < 1.29 is 9.90 Å². The van der Waals surface area contributed by atoms with E-state index in [0.717, 1.165) is 60.6 Å². The molecule has 0 bridgehead atoms. The van der Waals surface area contributed by atoms with Gasteiger partial charge < -0.3 is 14.8 Å². The number of benzene rings is 1. The average molecular weight is 385 g/mol. The quantitative estimate of drug-likeness (QED) is 0.697. The first-order chi connectivity index (χ1) is 13.3. The summed E-state index contributed by atoms with van der Waals surface area (Å²) < 4.78 is 0. The molecule has 7 heteroatoms. The fourth-order valence-corrected chi connectivity index (χ4v) is 3.62. The summed E-state index contributed by atoms with van der Waals surface area (Å²) in [6, 6.07) is 7.87. The molecule has 1 aliphatic heterocycles. The lowest BCUT2D eigenvalue weighted by Gasteiger charge is -2.32. The Kier molecular flexibility index (Phi) is 6.32. The smallest absolute Gasteiger partial charge is 0.140 e. The van der Waals surface area contributed by atoms with Crippen LogP contribution in [-0.2, 0) is 4.79 Å². The number of nitrogens with zero attached hydrogens (tertiary/aromatic N) is 4. The number of aliphatic hydroxyl groups excluding tert-OH is 1. The van der Waals surface area contributed by atoms with E-state index in [1.54, 1.807) is 18.7 Å². The van der Waals surface area contributed by atoms with Crippen LogP contribution in [0.2, 0.25) is 5.02 Å². The highest BCUT2D eigenvalue weighted by Gasteiger charge is 2.23. The third-order valence-corrected chi connectivity index (χ3v) is 4.82. The first kappa shape index (κ1) is 19.2. The average Bonchev–Trinajstić information content (AvgIpc) is 2.74. The lowest BCUT2D eigenvalue weighted by Crippen LogP contribution is -2.36. The number of anilines is 1. The monoisotopic (exact) mass is 384 g/mol. The van der Waals surface area contributed by atoms with Crippen LogP contribution in [0.1, 0.15) is 12.8 Å². The maximum absolute atomic E-state index is 11.2. The van der Waals surface area contributed by atoms with Crippen LogP contribution in [0, 0.1) is 5.92 Å². The predicted molar refractivity (Wildman–Crippen MR) is 107 cm³/mol.